The average molecular weight is 867 g/mol. The van der Waals surface area contributed by atoms with Crippen LogP contribution in [-0.2, 0) is 33.7 Å². The van der Waals surface area contributed by atoms with Crippen molar-refractivity contribution in [1.82, 2.24) is 44.9 Å². The fraction of sp³-hybridized carbons (Fsp3) is 0.478. The minimum atomic E-state index is -1.21. The molecule has 3 aromatic heterocycles. The molecule has 1 aliphatic carbocycles. The number of halogens is 1. The topological polar surface area (TPSA) is 217 Å². The quantitative estimate of drug-likeness (QED) is 0.101. The highest BCUT2D eigenvalue weighted by atomic mass is 19.1. The van der Waals surface area contributed by atoms with E-state index in [1.165, 1.54) is 17.2 Å². The Morgan fingerprint density at radius 2 is 1.78 bits per heavy atom. The summed E-state index contributed by atoms with van der Waals surface area (Å²) in [7, 11) is 0. The van der Waals surface area contributed by atoms with Crippen LogP contribution in [0.2, 0.25) is 0 Å². The lowest BCUT2D eigenvalue weighted by atomic mass is 9.91. The molecule has 17 heteroatoms. The number of amides is 2. The molecule has 2 amide bonds. The highest BCUT2D eigenvalue weighted by molar-refractivity contribution is 5.83. The van der Waals surface area contributed by atoms with Gasteiger partial charge in [0.05, 0.1) is 37.3 Å². The van der Waals surface area contributed by atoms with Crippen molar-refractivity contribution in [3.63, 3.8) is 0 Å². The standard InChI is InChI=1S/C36H47N5O4.C10H12FN5O2/c1-36(2,3)39-35(45)31-24-40(22-26-12-9-15-37-21-26)16-17-41(31)23-29(42)19-28(18-25-10-5-4-6-11-25)34(44)38-33-30-14-8-7-13-27(30)20-32(33)43;11-6-1-5(2-17)18-10(6)16-4-15-7-8(12)13-3-14-9(7)16/h4-15,21,28-29,31-33,42-43H,16-20,22-24H2,1-3H3,(H,38,44)(H,39,45);3-6,10,17H,1-2H2,(H2,12,13,14)/t28-,29-,31-,32+,33-;5-,6-,10+/m00/s1. The first-order chi connectivity index (χ1) is 30.3. The van der Waals surface area contributed by atoms with Crippen LogP contribution in [0.5, 0.6) is 0 Å². The average Bonchev–Trinajstić information content (AvgIpc) is 3.96. The van der Waals surface area contributed by atoms with Crippen LogP contribution in [0.1, 0.15) is 68.1 Å². The highest BCUT2D eigenvalue weighted by Crippen LogP contribution is 2.34. The molecule has 3 aliphatic rings. The number of aliphatic hydroxyl groups is 3. The third kappa shape index (κ3) is 11.6. The fourth-order valence-electron chi connectivity index (χ4n) is 8.68. The predicted molar refractivity (Wildman–Crippen MR) is 234 cm³/mol. The van der Waals surface area contributed by atoms with Gasteiger partial charge < -0.3 is 36.4 Å². The first-order valence-corrected chi connectivity index (χ1v) is 21.5. The number of pyridine rings is 1. The molecule has 0 bridgehead atoms. The Bertz CT molecular complexity index is 2280. The summed E-state index contributed by atoms with van der Waals surface area (Å²) in [6.07, 6.45) is 3.59. The van der Waals surface area contributed by atoms with E-state index in [-0.39, 0.29) is 43.6 Å². The van der Waals surface area contributed by atoms with Gasteiger partial charge in [0.1, 0.15) is 24.1 Å². The normalized spacial score (nSPS) is 23.7. The molecule has 5 heterocycles. The first kappa shape index (κ1) is 45.6. The summed E-state index contributed by atoms with van der Waals surface area (Å²) in [4.78, 5) is 47.8. The summed E-state index contributed by atoms with van der Waals surface area (Å²) < 4.78 is 20.7. The minimum Gasteiger partial charge on any atom is -0.394 e. The van der Waals surface area contributed by atoms with E-state index < -0.39 is 54.3 Å². The second-order valence-corrected chi connectivity index (χ2v) is 17.7. The van der Waals surface area contributed by atoms with E-state index in [1.54, 1.807) is 6.20 Å². The van der Waals surface area contributed by atoms with E-state index in [0.29, 0.717) is 43.6 Å². The number of piperazine rings is 1. The maximum atomic E-state index is 13.9. The Labute approximate surface area is 366 Å². The van der Waals surface area contributed by atoms with Crippen LogP contribution in [0.15, 0.2) is 91.8 Å². The molecule has 5 aromatic rings. The number of anilines is 1. The number of β-amino-alcohol motifs (C(OH)–C–C–N with tert-alkyl or cyclic N) is 1. The number of imidazole rings is 1. The number of nitrogens with one attached hydrogen (secondary N) is 2. The number of hydrogen-bond acceptors (Lipinski definition) is 13. The van der Waals surface area contributed by atoms with Crippen LogP contribution in [0.25, 0.3) is 11.2 Å². The van der Waals surface area contributed by atoms with Gasteiger partial charge in [-0.05, 0) is 61.9 Å². The third-order valence-electron chi connectivity index (χ3n) is 11.7. The van der Waals surface area contributed by atoms with Crippen LogP contribution in [0.3, 0.4) is 0 Å². The summed E-state index contributed by atoms with van der Waals surface area (Å²) in [6, 6.07) is 20.6. The van der Waals surface area contributed by atoms with Crippen molar-refractivity contribution in [1.29, 1.82) is 0 Å². The minimum absolute atomic E-state index is 0.0712. The van der Waals surface area contributed by atoms with Gasteiger partial charge in [-0.2, -0.15) is 0 Å². The van der Waals surface area contributed by atoms with Gasteiger partial charge in [0.25, 0.3) is 0 Å². The molecule has 63 heavy (non-hydrogen) atoms. The maximum Gasteiger partial charge on any atom is 0.239 e. The second-order valence-electron chi connectivity index (χ2n) is 17.7. The summed E-state index contributed by atoms with van der Waals surface area (Å²) >= 11 is 0. The van der Waals surface area contributed by atoms with Crippen LogP contribution >= 0.6 is 0 Å². The van der Waals surface area contributed by atoms with Gasteiger partial charge in [-0.1, -0.05) is 60.7 Å². The maximum absolute atomic E-state index is 13.9. The van der Waals surface area contributed by atoms with E-state index in [4.69, 9.17) is 15.6 Å². The fourth-order valence-corrected chi connectivity index (χ4v) is 8.68. The van der Waals surface area contributed by atoms with Gasteiger partial charge in [-0.15, -0.1) is 0 Å². The molecule has 2 aromatic carbocycles. The Morgan fingerprint density at radius 1 is 1.02 bits per heavy atom. The zero-order valence-corrected chi connectivity index (χ0v) is 36.0. The highest BCUT2D eigenvalue weighted by Gasteiger charge is 2.39. The molecule has 0 radical (unpaired) electrons. The molecule has 2 saturated heterocycles. The number of nitrogens with zero attached hydrogens (tertiary/aromatic N) is 7. The smallest absolute Gasteiger partial charge is 0.239 e. The molecular formula is C46H59FN10O6. The van der Waals surface area contributed by atoms with Gasteiger partial charge in [-0.3, -0.25) is 28.9 Å². The molecule has 7 N–H and O–H groups in total. The van der Waals surface area contributed by atoms with E-state index in [9.17, 15) is 24.2 Å². The molecule has 336 valence electrons. The monoisotopic (exact) mass is 866 g/mol. The van der Waals surface area contributed by atoms with Gasteiger partial charge in [-0.25, -0.2) is 19.3 Å². The van der Waals surface area contributed by atoms with Crippen molar-refractivity contribution in [3.05, 3.63) is 114 Å². The summed E-state index contributed by atoms with van der Waals surface area (Å²) in [6.45, 7) is 8.53. The molecule has 0 spiro atoms. The van der Waals surface area contributed by atoms with Crippen molar-refractivity contribution in [2.24, 2.45) is 5.92 Å². The molecule has 2 fully saturated rings. The van der Waals surface area contributed by atoms with Crippen LogP contribution < -0.4 is 16.4 Å². The molecule has 8 atom stereocenters. The Morgan fingerprint density at radius 3 is 2.51 bits per heavy atom. The number of nitrogens with two attached hydrogens (primary N) is 1. The number of benzene rings is 2. The zero-order chi connectivity index (χ0) is 44.7. The van der Waals surface area contributed by atoms with Crippen LogP contribution in [0, 0.1) is 5.92 Å². The number of aliphatic hydroxyl groups excluding tert-OH is 3. The van der Waals surface area contributed by atoms with Crippen LogP contribution in [-0.4, -0.2) is 130 Å². The van der Waals surface area contributed by atoms with E-state index in [1.807, 2.05) is 93.7 Å². The third-order valence-corrected chi connectivity index (χ3v) is 11.7. The van der Waals surface area contributed by atoms with Crippen molar-refractivity contribution in [2.45, 2.75) is 101 Å². The van der Waals surface area contributed by atoms with Crippen molar-refractivity contribution >= 4 is 28.8 Å². The lowest BCUT2D eigenvalue weighted by molar-refractivity contribution is -0.132. The zero-order valence-electron chi connectivity index (χ0n) is 36.0. The molecule has 0 saturated carbocycles. The predicted octanol–water partition coefficient (Wildman–Crippen LogP) is 2.89. The van der Waals surface area contributed by atoms with E-state index >= 15 is 0 Å². The van der Waals surface area contributed by atoms with Gasteiger partial charge in [0.15, 0.2) is 17.7 Å². The van der Waals surface area contributed by atoms with Crippen LogP contribution in [0.4, 0.5) is 10.2 Å². The number of carbonyl (C=O) groups excluding carboxylic acids is 2. The molecule has 8 rings (SSSR count). The SMILES string of the molecule is CC(C)(C)NC(=O)[C@@H]1CN(Cc2cccnc2)CCN1C[C@@H](O)C[C@H](Cc1ccccc1)C(=O)N[C@H]1c2ccccc2C[C@H]1O.Nc1ncnc2c1ncn2[C@@H]1O[C@H](CO)C[C@@H]1F. The molecular weight excluding hydrogens is 808 g/mol. The van der Waals surface area contributed by atoms with E-state index in [2.05, 4.69) is 40.4 Å². The summed E-state index contributed by atoms with van der Waals surface area (Å²) in [5.41, 5.74) is 10.2. The number of rotatable bonds is 13. The molecule has 16 nitrogen and oxygen atoms in total. The van der Waals surface area contributed by atoms with E-state index in [0.717, 1.165) is 28.8 Å². The molecule has 0 unspecified atom stereocenters. The summed E-state index contributed by atoms with van der Waals surface area (Å²) in [5, 5.41) is 37.5. The number of ether oxygens (including phenoxy) is 1. The van der Waals surface area contributed by atoms with Crippen molar-refractivity contribution in [3.8, 4) is 0 Å². The number of aromatic nitrogens is 5. The van der Waals surface area contributed by atoms with Gasteiger partial charge in [0.2, 0.25) is 11.8 Å². The number of fused-ring (bicyclic) bond motifs is 2. The lowest BCUT2D eigenvalue weighted by Crippen LogP contribution is -2.61. The second kappa shape index (κ2) is 20.4. The Kier molecular flexibility index (Phi) is 14.8. The first-order valence-electron chi connectivity index (χ1n) is 21.5. The van der Waals surface area contributed by atoms with Gasteiger partial charge >= 0.3 is 0 Å². The Balaban J connectivity index is 0.000000273. The van der Waals surface area contributed by atoms with Crippen molar-refractivity contribution in [2.75, 3.05) is 38.5 Å². The largest absolute Gasteiger partial charge is 0.394 e. The number of alkyl halides is 1. The van der Waals surface area contributed by atoms with Gasteiger partial charge in [0, 0.05) is 69.4 Å². The van der Waals surface area contributed by atoms with Crippen molar-refractivity contribution < 1.29 is 34.0 Å². The molecule has 2 aliphatic heterocycles. The summed E-state index contributed by atoms with van der Waals surface area (Å²) in [5.74, 6) is -0.540. The number of carbonyl (C=O) groups is 2. The Hall–Kier alpha value is -5.43. The lowest BCUT2D eigenvalue weighted by Gasteiger charge is -2.42. The number of nitrogen functional groups attached to an aromatic ring is 1. The number of hydrogen-bond donors (Lipinski definition) is 6.